The number of nitrogens with zero attached hydrogens (tertiary/aromatic N) is 3. The molecule has 0 aliphatic carbocycles. The number of hydrogen-bond donors (Lipinski definition) is 1. The van der Waals surface area contributed by atoms with E-state index in [-0.39, 0.29) is 18.0 Å². The van der Waals surface area contributed by atoms with Gasteiger partial charge in [-0.2, -0.15) is 0 Å². The van der Waals surface area contributed by atoms with E-state index in [0.29, 0.717) is 12.1 Å². The Bertz CT molecular complexity index is 1320. The number of carbonyl (C=O) groups is 1. The quantitative estimate of drug-likeness (QED) is 0.411. The zero-order chi connectivity index (χ0) is 23.3. The summed E-state index contributed by atoms with van der Waals surface area (Å²) in [7, 11) is 0. The molecule has 6 nitrogen and oxygen atoms in total. The molecule has 0 unspecified atom stereocenters. The molecule has 1 N–H and O–H groups in total. The van der Waals surface area contributed by atoms with Gasteiger partial charge in [0.25, 0.3) is 5.56 Å². The van der Waals surface area contributed by atoms with Crippen LogP contribution in [0.15, 0.2) is 77.7 Å². The Morgan fingerprint density at radius 3 is 2.38 bits per heavy atom. The zero-order valence-electron chi connectivity index (χ0n) is 19.5. The third-order valence-corrected chi connectivity index (χ3v) is 6.99. The first-order chi connectivity index (χ1) is 16.7. The Balaban J connectivity index is 1.09. The molecule has 2 aromatic heterocycles. The number of likely N-dealkylation sites (tertiary alicyclic amines) is 1. The van der Waals surface area contributed by atoms with Crippen molar-refractivity contribution in [2.45, 2.75) is 32.2 Å². The number of para-hydroxylation sites is 2. The van der Waals surface area contributed by atoms with Gasteiger partial charge in [0, 0.05) is 12.7 Å². The van der Waals surface area contributed by atoms with E-state index in [1.165, 1.54) is 24.8 Å². The largest absolute Gasteiger partial charge is 0.355 e. The van der Waals surface area contributed by atoms with Crippen molar-refractivity contribution in [3.05, 3.63) is 88.8 Å². The third-order valence-electron chi connectivity index (χ3n) is 6.99. The Labute approximate surface area is 199 Å². The van der Waals surface area contributed by atoms with Gasteiger partial charge in [-0.05, 0) is 81.1 Å². The predicted octanol–water partition coefficient (Wildman–Crippen LogP) is 3.72. The fourth-order valence-corrected chi connectivity index (χ4v) is 5.16. The summed E-state index contributed by atoms with van der Waals surface area (Å²) in [5.41, 5.74) is 3.57. The molecule has 0 saturated carbocycles. The monoisotopic (exact) mass is 456 g/mol. The van der Waals surface area contributed by atoms with Gasteiger partial charge in [-0.15, -0.1) is 0 Å². The van der Waals surface area contributed by atoms with E-state index in [9.17, 15) is 9.59 Å². The second-order valence-corrected chi connectivity index (χ2v) is 9.32. The van der Waals surface area contributed by atoms with E-state index in [1.807, 2.05) is 40.9 Å². The van der Waals surface area contributed by atoms with Crippen LogP contribution >= 0.6 is 0 Å². The lowest BCUT2D eigenvalue weighted by molar-refractivity contribution is -0.121. The average molecular weight is 457 g/mol. The van der Waals surface area contributed by atoms with Crippen molar-refractivity contribution in [2.75, 3.05) is 26.2 Å². The molecular weight excluding hydrogens is 424 g/mol. The molecule has 2 aromatic carbocycles. The highest BCUT2D eigenvalue weighted by molar-refractivity contribution is 5.82. The van der Waals surface area contributed by atoms with Gasteiger partial charge >= 0.3 is 0 Å². The zero-order valence-corrected chi connectivity index (χ0v) is 19.5. The smallest absolute Gasteiger partial charge is 0.275 e. The normalized spacial score (nSPS) is 15.2. The molecule has 3 heterocycles. The maximum atomic E-state index is 13.0. The Hall–Kier alpha value is -3.38. The van der Waals surface area contributed by atoms with Crippen LogP contribution in [0.5, 0.6) is 0 Å². The maximum Gasteiger partial charge on any atom is 0.275 e. The van der Waals surface area contributed by atoms with Crippen LogP contribution in [0.4, 0.5) is 0 Å². The lowest BCUT2D eigenvalue weighted by atomic mass is 9.90. The number of rotatable bonds is 8. The number of nitrogens with one attached hydrogen (secondary N) is 1. The van der Waals surface area contributed by atoms with Crippen LogP contribution in [0.25, 0.3) is 16.6 Å². The molecule has 1 aliphatic heterocycles. The summed E-state index contributed by atoms with van der Waals surface area (Å²) in [6, 6.07) is 22.1. The molecule has 5 rings (SSSR count). The standard InChI is InChI=1S/C28H32N4O2/c33-27(21-32-25-11-5-4-10-24(25)31-17-6-12-26(31)28(32)34)29-15-7-16-30-18-13-23(14-19-30)20-22-8-2-1-3-9-22/h1-6,8-12,17,23H,7,13-16,18-21H2,(H,29,33). The maximum absolute atomic E-state index is 13.0. The van der Waals surface area contributed by atoms with E-state index in [1.54, 1.807) is 10.6 Å². The number of piperidine rings is 1. The van der Waals surface area contributed by atoms with Gasteiger partial charge in [0.05, 0.1) is 11.0 Å². The van der Waals surface area contributed by atoms with Gasteiger partial charge in [-0.25, -0.2) is 0 Å². The van der Waals surface area contributed by atoms with Crippen LogP contribution in [-0.4, -0.2) is 46.0 Å². The van der Waals surface area contributed by atoms with Crippen molar-refractivity contribution in [1.29, 1.82) is 0 Å². The van der Waals surface area contributed by atoms with Crippen molar-refractivity contribution in [3.63, 3.8) is 0 Å². The Kier molecular flexibility index (Phi) is 6.77. The number of hydrogen-bond acceptors (Lipinski definition) is 3. The highest BCUT2D eigenvalue weighted by atomic mass is 16.2. The molecule has 176 valence electrons. The molecule has 0 bridgehead atoms. The SMILES string of the molecule is O=C(Cn1c(=O)c2cccn2c2ccccc21)NCCCN1CCC(Cc2ccccc2)CC1. The van der Waals surface area contributed by atoms with Gasteiger partial charge in [-0.1, -0.05) is 42.5 Å². The van der Waals surface area contributed by atoms with Crippen molar-refractivity contribution < 1.29 is 4.79 Å². The van der Waals surface area contributed by atoms with Gasteiger partial charge < -0.3 is 14.6 Å². The van der Waals surface area contributed by atoms with E-state index in [0.717, 1.165) is 43.0 Å². The molecule has 1 saturated heterocycles. The average Bonchev–Trinajstić information content (AvgIpc) is 3.37. The van der Waals surface area contributed by atoms with Crippen LogP contribution in [0.3, 0.4) is 0 Å². The van der Waals surface area contributed by atoms with E-state index in [4.69, 9.17) is 0 Å². The van der Waals surface area contributed by atoms with Crippen LogP contribution in [0, 0.1) is 5.92 Å². The summed E-state index contributed by atoms with van der Waals surface area (Å²) >= 11 is 0. The first-order valence-electron chi connectivity index (χ1n) is 12.3. The lowest BCUT2D eigenvalue weighted by Gasteiger charge is -2.32. The second-order valence-electron chi connectivity index (χ2n) is 9.32. The molecule has 4 aromatic rings. The molecule has 0 radical (unpaired) electrons. The van der Waals surface area contributed by atoms with Crippen LogP contribution in [-0.2, 0) is 17.8 Å². The fraction of sp³-hybridized carbons (Fsp3) is 0.357. The first kappa shape index (κ1) is 22.4. The number of amides is 1. The lowest BCUT2D eigenvalue weighted by Crippen LogP contribution is -2.37. The molecule has 1 fully saturated rings. The molecule has 0 spiro atoms. The number of fused-ring (bicyclic) bond motifs is 3. The van der Waals surface area contributed by atoms with Crippen LogP contribution in [0.1, 0.15) is 24.8 Å². The summed E-state index contributed by atoms with van der Waals surface area (Å²) in [5, 5.41) is 3.01. The van der Waals surface area contributed by atoms with Crippen molar-refractivity contribution >= 4 is 22.5 Å². The van der Waals surface area contributed by atoms with Gasteiger partial charge in [0.2, 0.25) is 5.91 Å². The van der Waals surface area contributed by atoms with E-state index in [2.05, 4.69) is 40.5 Å². The van der Waals surface area contributed by atoms with Gasteiger partial charge in [0.1, 0.15) is 12.1 Å². The summed E-state index contributed by atoms with van der Waals surface area (Å²) in [5.74, 6) is 0.647. The van der Waals surface area contributed by atoms with Crippen molar-refractivity contribution in [1.82, 2.24) is 19.2 Å². The highest BCUT2D eigenvalue weighted by Gasteiger charge is 2.19. The molecule has 1 amide bonds. The number of aromatic nitrogens is 2. The summed E-state index contributed by atoms with van der Waals surface area (Å²) < 4.78 is 3.46. The number of benzene rings is 2. The van der Waals surface area contributed by atoms with Crippen molar-refractivity contribution in [3.8, 4) is 0 Å². The Morgan fingerprint density at radius 2 is 1.59 bits per heavy atom. The summed E-state index contributed by atoms with van der Waals surface area (Å²) in [4.78, 5) is 28.1. The van der Waals surface area contributed by atoms with Crippen molar-refractivity contribution in [2.24, 2.45) is 5.92 Å². The Morgan fingerprint density at radius 1 is 0.882 bits per heavy atom. The molecule has 0 atom stereocenters. The van der Waals surface area contributed by atoms with E-state index >= 15 is 0 Å². The van der Waals surface area contributed by atoms with Gasteiger partial charge in [0.15, 0.2) is 0 Å². The minimum atomic E-state index is -0.141. The van der Waals surface area contributed by atoms with Crippen LogP contribution in [0.2, 0.25) is 0 Å². The minimum absolute atomic E-state index is 0.0336. The third kappa shape index (κ3) is 4.92. The highest BCUT2D eigenvalue weighted by Crippen LogP contribution is 2.21. The topological polar surface area (TPSA) is 58.8 Å². The van der Waals surface area contributed by atoms with E-state index < -0.39 is 0 Å². The summed E-state index contributed by atoms with van der Waals surface area (Å²) in [6.45, 7) is 3.92. The molecule has 6 heteroatoms. The van der Waals surface area contributed by atoms with Gasteiger partial charge in [-0.3, -0.25) is 14.2 Å². The van der Waals surface area contributed by atoms with Crippen LogP contribution < -0.4 is 10.9 Å². The summed E-state index contributed by atoms with van der Waals surface area (Å²) in [6.07, 6.45) is 6.45. The molecular formula is C28H32N4O2. The predicted molar refractivity (Wildman–Crippen MR) is 136 cm³/mol. The molecule has 34 heavy (non-hydrogen) atoms. The first-order valence-corrected chi connectivity index (χ1v) is 12.3. The second kappa shape index (κ2) is 10.3. The fourth-order valence-electron chi connectivity index (χ4n) is 5.16. The minimum Gasteiger partial charge on any atom is -0.355 e. The number of carbonyl (C=O) groups excluding carboxylic acids is 1. The molecule has 1 aliphatic rings.